The Labute approximate surface area is 91.8 Å². The van der Waals surface area contributed by atoms with Gasteiger partial charge in [0.15, 0.2) is 0 Å². The van der Waals surface area contributed by atoms with Gasteiger partial charge in [0.25, 0.3) is 0 Å². The lowest BCUT2D eigenvalue weighted by Gasteiger charge is -2.04. The minimum absolute atomic E-state index is 0.118. The fourth-order valence-corrected chi connectivity index (χ4v) is 2.13. The number of nitrogen functional groups attached to an aromatic ring is 1. The van der Waals surface area contributed by atoms with Gasteiger partial charge in [-0.05, 0) is 23.9 Å². The number of anilines is 1. The average Bonchev–Trinajstić information content (AvgIpc) is 2.58. The van der Waals surface area contributed by atoms with Gasteiger partial charge in [0.1, 0.15) is 0 Å². The molecule has 4 heteroatoms. The molecule has 2 aromatic heterocycles. The molecule has 2 N–H and O–H groups in total. The second-order valence-electron chi connectivity index (χ2n) is 3.50. The summed E-state index contributed by atoms with van der Waals surface area (Å²) in [6.45, 7) is 2.84. The van der Waals surface area contributed by atoms with E-state index in [9.17, 15) is 4.79 Å². The largest absolute Gasteiger partial charge is 0.394 e. The van der Waals surface area contributed by atoms with Crippen LogP contribution in [0, 0.1) is 6.92 Å². The van der Waals surface area contributed by atoms with Gasteiger partial charge in [-0.2, -0.15) is 0 Å². The maximum atomic E-state index is 11.1. The van der Waals surface area contributed by atoms with Gasteiger partial charge in [0.2, 0.25) is 5.43 Å². The standard InChI is InChI=1S/C11H12N2OS/c1-8-4-9(7-15-8)5-13-3-2-11(14)10(12)6-13/h2-4,6-7H,5,12H2,1H3. The second-order valence-corrected chi connectivity index (χ2v) is 4.62. The maximum Gasteiger partial charge on any atom is 0.204 e. The fourth-order valence-electron chi connectivity index (χ4n) is 1.43. The normalized spacial score (nSPS) is 10.5. The van der Waals surface area contributed by atoms with E-state index in [0.717, 1.165) is 6.54 Å². The van der Waals surface area contributed by atoms with Crippen molar-refractivity contribution in [3.8, 4) is 0 Å². The van der Waals surface area contributed by atoms with Gasteiger partial charge >= 0.3 is 0 Å². The molecule has 2 rings (SSSR count). The number of rotatable bonds is 2. The summed E-state index contributed by atoms with van der Waals surface area (Å²) >= 11 is 1.72. The maximum absolute atomic E-state index is 11.1. The Balaban J connectivity index is 2.25. The molecular formula is C11H12N2OS. The number of thiophene rings is 1. The molecule has 0 aliphatic heterocycles. The van der Waals surface area contributed by atoms with Gasteiger partial charge in [-0.3, -0.25) is 4.79 Å². The van der Waals surface area contributed by atoms with Crippen LogP contribution < -0.4 is 11.2 Å². The van der Waals surface area contributed by atoms with Crippen LogP contribution in [0.1, 0.15) is 10.4 Å². The van der Waals surface area contributed by atoms with Crippen molar-refractivity contribution in [1.29, 1.82) is 0 Å². The second kappa shape index (κ2) is 3.90. The van der Waals surface area contributed by atoms with E-state index in [4.69, 9.17) is 5.73 Å². The number of hydrogen-bond donors (Lipinski definition) is 1. The lowest BCUT2D eigenvalue weighted by molar-refractivity contribution is 0.793. The van der Waals surface area contributed by atoms with E-state index in [1.165, 1.54) is 16.5 Å². The third kappa shape index (κ3) is 2.27. The van der Waals surface area contributed by atoms with Crippen LogP contribution in [-0.4, -0.2) is 4.57 Å². The van der Waals surface area contributed by atoms with Gasteiger partial charge in [-0.15, -0.1) is 11.3 Å². The number of nitrogens with two attached hydrogens (primary N) is 1. The Morgan fingerprint density at radius 2 is 2.33 bits per heavy atom. The zero-order chi connectivity index (χ0) is 10.8. The highest BCUT2D eigenvalue weighted by molar-refractivity contribution is 7.10. The molecule has 0 spiro atoms. The predicted octanol–water partition coefficient (Wildman–Crippen LogP) is 1.85. The van der Waals surface area contributed by atoms with Crippen molar-refractivity contribution in [2.75, 3.05) is 5.73 Å². The molecule has 0 saturated carbocycles. The quantitative estimate of drug-likeness (QED) is 0.839. The van der Waals surface area contributed by atoms with E-state index in [-0.39, 0.29) is 5.43 Å². The summed E-state index contributed by atoms with van der Waals surface area (Å²) in [5.41, 5.74) is 6.96. The third-order valence-electron chi connectivity index (χ3n) is 2.16. The van der Waals surface area contributed by atoms with E-state index in [0.29, 0.717) is 5.69 Å². The molecule has 0 unspecified atom stereocenters. The molecule has 0 fully saturated rings. The molecule has 0 atom stereocenters. The summed E-state index contributed by atoms with van der Waals surface area (Å²) in [7, 11) is 0. The molecular weight excluding hydrogens is 208 g/mol. The van der Waals surface area contributed by atoms with Crippen LogP contribution in [0.15, 0.2) is 34.7 Å². The van der Waals surface area contributed by atoms with Gasteiger partial charge in [0, 0.05) is 29.9 Å². The summed E-state index contributed by atoms with van der Waals surface area (Å²) in [6, 6.07) is 3.63. The molecule has 0 aliphatic rings. The molecule has 2 aromatic rings. The summed E-state index contributed by atoms with van der Waals surface area (Å²) in [4.78, 5) is 12.4. The number of hydrogen-bond acceptors (Lipinski definition) is 3. The van der Waals surface area contributed by atoms with Crippen LogP contribution in [0.4, 0.5) is 5.69 Å². The molecule has 0 saturated heterocycles. The van der Waals surface area contributed by atoms with Crippen LogP contribution in [0.2, 0.25) is 0 Å². The molecule has 0 aromatic carbocycles. The Morgan fingerprint density at radius 3 is 2.93 bits per heavy atom. The topological polar surface area (TPSA) is 48.0 Å². The Morgan fingerprint density at radius 1 is 1.53 bits per heavy atom. The van der Waals surface area contributed by atoms with Crippen LogP contribution in [-0.2, 0) is 6.54 Å². The predicted molar refractivity (Wildman–Crippen MR) is 63.3 cm³/mol. The Hall–Kier alpha value is -1.55. The van der Waals surface area contributed by atoms with Crippen molar-refractivity contribution in [2.24, 2.45) is 0 Å². The average molecular weight is 220 g/mol. The number of pyridine rings is 1. The van der Waals surface area contributed by atoms with Crippen molar-refractivity contribution < 1.29 is 0 Å². The summed E-state index contributed by atoms with van der Waals surface area (Å²) in [5, 5.41) is 2.11. The molecule has 2 heterocycles. The smallest absolute Gasteiger partial charge is 0.204 e. The van der Waals surface area contributed by atoms with Crippen LogP contribution in [0.5, 0.6) is 0 Å². The SMILES string of the molecule is Cc1cc(Cn2ccc(=O)c(N)c2)cs1. The monoisotopic (exact) mass is 220 g/mol. The first-order valence-corrected chi connectivity index (χ1v) is 5.53. The summed E-state index contributed by atoms with van der Waals surface area (Å²) < 4.78 is 1.91. The van der Waals surface area contributed by atoms with Gasteiger partial charge in [0.05, 0.1) is 5.69 Å². The van der Waals surface area contributed by atoms with E-state index >= 15 is 0 Å². The minimum Gasteiger partial charge on any atom is -0.394 e. The summed E-state index contributed by atoms with van der Waals surface area (Å²) in [6.07, 6.45) is 3.43. The zero-order valence-corrected chi connectivity index (χ0v) is 9.25. The molecule has 3 nitrogen and oxygen atoms in total. The van der Waals surface area contributed by atoms with Gasteiger partial charge in [-0.25, -0.2) is 0 Å². The lowest BCUT2D eigenvalue weighted by atomic mass is 10.3. The van der Waals surface area contributed by atoms with Crippen molar-refractivity contribution in [3.63, 3.8) is 0 Å². The summed E-state index contributed by atoms with van der Waals surface area (Å²) in [5.74, 6) is 0. The van der Waals surface area contributed by atoms with E-state index in [1.807, 2.05) is 4.57 Å². The highest BCUT2D eigenvalue weighted by atomic mass is 32.1. The number of aryl methyl sites for hydroxylation is 1. The zero-order valence-electron chi connectivity index (χ0n) is 8.43. The Kier molecular flexibility index (Phi) is 2.60. The first-order chi connectivity index (χ1) is 7.15. The molecule has 78 valence electrons. The number of aromatic nitrogens is 1. The first-order valence-electron chi connectivity index (χ1n) is 4.65. The fraction of sp³-hybridized carbons (Fsp3) is 0.182. The molecule has 0 radical (unpaired) electrons. The van der Waals surface area contributed by atoms with Crippen LogP contribution >= 0.6 is 11.3 Å². The molecule has 0 amide bonds. The third-order valence-corrected chi connectivity index (χ3v) is 3.07. The van der Waals surface area contributed by atoms with Crippen molar-refractivity contribution >= 4 is 17.0 Å². The first kappa shape index (κ1) is 9.98. The highest BCUT2D eigenvalue weighted by Crippen LogP contribution is 2.14. The van der Waals surface area contributed by atoms with Gasteiger partial charge < -0.3 is 10.3 Å². The van der Waals surface area contributed by atoms with E-state index < -0.39 is 0 Å². The lowest BCUT2D eigenvalue weighted by Crippen LogP contribution is -2.10. The Bertz CT molecular complexity index is 527. The van der Waals surface area contributed by atoms with Crippen LogP contribution in [0.3, 0.4) is 0 Å². The van der Waals surface area contributed by atoms with Crippen LogP contribution in [0.25, 0.3) is 0 Å². The van der Waals surface area contributed by atoms with Crippen molar-refractivity contribution in [1.82, 2.24) is 4.57 Å². The highest BCUT2D eigenvalue weighted by Gasteiger charge is 1.98. The van der Waals surface area contributed by atoms with E-state index in [1.54, 1.807) is 23.7 Å². The van der Waals surface area contributed by atoms with E-state index in [2.05, 4.69) is 18.4 Å². The van der Waals surface area contributed by atoms with Gasteiger partial charge in [-0.1, -0.05) is 0 Å². The molecule has 15 heavy (non-hydrogen) atoms. The minimum atomic E-state index is -0.118. The van der Waals surface area contributed by atoms with Crippen molar-refractivity contribution in [3.05, 3.63) is 50.6 Å². The molecule has 0 aliphatic carbocycles. The molecule has 0 bridgehead atoms. The number of nitrogens with zero attached hydrogens (tertiary/aromatic N) is 1. The van der Waals surface area contributed by atoms with Crippen molar-refractivity contribution in [2.45, 2.75) is 13.5 Å².